The molecule has 1 saturated carbocycles. The number of hydrogen-bond donors (Lipinski definition) is 2. The van der Waals surface area contributed by atoms with Crippen molar-refractivity contribution < 1.29 is 27.9 Å². The normalized spacial score (nSPS) is 20.7. The molecule has 1 unspecified atom stereocenters. The van der Waals surface area contributed by atoms with Crippen LogP contribution in [0, 0.1) is 0 Å². The number of benzene rings is 2. The molecule has 11 heteroatoms. The number of nitrogens with zero attached hydrogens (tertiary/aromatic N) is 1. The highest BCUT2D eigenvalue weighted by molar-refractivity contribution is 9.10. The average molecular weight is 582 g/mol. The lowest BCUT2D eigenvalue weighted by molar-refractivity contribution is -0.120. The van der Waals surface area contributed by atoms with Gasteiger partial charge in [0.2, 0.25) is 0 Å². The van der Waals surface area contributed by atoms with Crippen LogP contribution in [0.15, 0.2) is 51.8 Å². The SMILES string of the molecule is CC(C)(C)OC(=O)N[C@H]1CSc2ccc(C(=O)NC3CC3(F)F)cc2N(Cc2ccc(Br)cc2)C1=O. The van der Waals surface area contributed by atoms with E-state index in [0.717, 1.165) is 14.9 Å². The Bertz CT molecular complexity index is 1190. The Kier molecular flexibility index (Phi) is 7.34. The molecular formula is C25H26BrF2N3O4S. The van der Waals surface area contributed by atoms with Crippen molar-refractivity contribution >= 4 is 51.3 Å². The number of nitrogens with one attached hydrogen (secondary N) is 2. The number of carbonyl (C=O) groups is 3. The number of hydrogen-bond acceptors (Lipinski definition) is 5. The van der Waals surface area contributed by atoms with Crippen molar-refractivity contribution in [3.63, 3.8) is 0 Å². The summed E-state index contributed by atoms with van der Waals surface area (Å²) in [6.45, 7) is 5.37. The van der Waals surface area contributed by atoms with Crippen LogP contribution in [-0.2, 0) is 16.1 Å². The predicted octanol–water partition coefficient (Wildman–Crippen LogP) is 5.12. The number of thioether (sulfide) groups is 1. The van der Waals surface area contributed by atoms with Crippen molar-refractivity contribution in [3.8, 4) is 0 Å². The quantitative estimate of drug-likeness (QED) is 0.512. The summed E-state index contributed by atoms with van der Waals surface area (Å²) in [5.74, 6) is -3.64. The Balaban J connectivity index is 1.63. The van der Waals surface area contributed by atoms with Crippen LogP contribution < -0.4 is 15.5 Å². The van der Waals surface area contributed by atoms with Crippen molar-refractivity contribution in [2.24, 2.45) is 0 Å². The first-order chi connectivity index (χ1) is 16.8. The van der Waals surface area contributed by atoms with Gasteiger partial charge in [0.15, 0.2) is 0 Å². The second kappa shape index (κ2) is 10.0. The van der Waals surface area contributed by atoms with Gasteiger partial charge in [0.25, 0.3) is 17.7 Å². The molecule has 2 aromatic rings. The van der Waals surface area contributed by atoms with E-state index in [-0.39, 0.29) is 30.2 Å². The fourth-order valence-corrected chi connectivity index (χ4v) is 4.96. The lowest BCUT2D eigenvalue weighted by atomic mass is 10.1. The summed E-state index contributed by atoms with van der Waals surface area (Å²) < 4.78 is 32.8. The Morgan fingerprint density at radius 3 is 2.44 bits per heavy atom. The molecule has 1 aliphatic carbocycles. The molecule has 2 N–H and O–H groups in total. The van der Waals surface area contributed by atoms with Gasteiger partial charge in [-0.05, 0) is 56.7 Å². The third-order valence-corrected chi connectivity index (χ3v) is 7.24. The average Bonchev–Trinajstić information content (AvgIpc) is 3.42. The van der Waals surface area contributed by atoms with Crippen LogP contribution in [0.1, 0.15) is 43.1 Å². The number of fused-ring (bicyclic) bond motifs is 1. The van der Waals surface area contributed by atoms with Crippen LogP contribution >= 0.6 is 27.7 Å². The highest BCUT2D eigenvalue weighted by atomic mass is 79.9. The second-order valence-corrected chi connectivity index (χ2v) is 11.7. The third-order valence-electron chi connectivity index (χ3n) is 5.56. The summed E-state index contributed by atoms with van der Waals surface area (Å²) in [6.07, 6.45) is -1.09. The van der Waals surface area contributed by atoms with Crippen LogP contribution in [0.5, 0.6) is 0 Å². The lowest BCUT2D eigenvalue weighted by Crippen LogP contribution is -2.50. The molecule has 192 valence electrons. The maximum absolute atomic E-state index is 13.7. The van der Waals surface area contributed by atoms with Gasteiger partial charge in [-0.15, -0.1) is 11.8 Å². The van der Waals surface area contributed by atoms with E-state index in [0.29, 0.717) is 5.69 Å². The Morgan fingerprint density at radius 2 is 1.83 bits per heavy atom. The highest BCUT2D eigenvalue weighted by Gasteiger charge is 2.57. The van der Waals surface area contributed by atoms with E-state index in [4.69, 9.17) is 4.74 Å². The number of amides is 3. The molecule has 0 saturated heterocycles. The number of alkyl halides is 2. The third kappa shape index (κ3) is 6.36. The molecule has 3 amide bonds. The molecule has 0 bridgehead atoms. The molecule has 2 aliphatic rings. The Hall–Kier alpha value is -2.66. The molecular weight excluding hydrogens is 556 g/mol. The summed E-state index contributed by atoms with van der Waals surface area (Å²) in [5, 5.41) is 5.01. The van der Waals surface area contributed by atoms with Crippen LogP contribution in [0.4, 0.5) is 19.3 Å². The van der Waals surface area contributed by atoms with Crippen LogP contribution in [0.2, 0.25) is 0 Å². The largest absolute Gasteiger partial charge is 0.444 e. The summed E-state index contributed by atoms with van der Waals surface area (Å²) in [6, 6.07) is 10.1. The van der Waals surface area contributed by atoms with E-state index >= 15 is 0 Å². The summed E-state index contributed by atoms with van der Waals surface area (Å²) in [4.78, 5) is 41.0. The fraction of sp³-hybridized carbons (Fsp3) is 0.400. The molecule has 0 aromatic heterocycles. The van der Waals surface area contributed by atoms with Gasteiger partial charge in [-0.3, -0.25) is 9.59 Å². The smallest absolute Gasteiger partial charge is 0.408 e. The number of rotatable bonds is 5. The van der Waals surface area contributed by atoms with Crippen LogP contribution in [0.25, 0.3) is 0 Å². The van der Waals surface area contributed by atoms with Crippen molar-refractivity contribution in [2.75, 3.05) is 10.7 Å². The van der Waals surface area contributed by atoms with Crippen molar-refractivity contribution in [2.45, 2.75) is 62.2 Å². The summed E-state index contributed by atoms with van der Waals surface area (Å²) >= 11 is 4.75. The maximum Gasteiger partial charge on any atom is 0.408 e. The van der Waals surface area contributed by atoms with Crippen molar-refractivity contribution in [3.05, 3.63) is 58.1 Å². The molecule has 2 aromatic carbocycles. The van der Waals surface area contributed by atoms with Gasteiger partial charge in [0, 0.05) is 27.1 Å². The van der Waals surface area contributed by atoms with E-state index in [9.17, 15) is 23.2 Å². The van der Waals surface area contributed by atoms with Crippen molar-refractivity contribution in [1.29, 1.82) is 0 Å². The van der Waals surface area contributed by atoms with E-state index in [1.165, 1.54) is 22.7 Å². The minimum Gasteiger partial charge on any atom is -0.444 e. The first-order valence-corrected chi connectivity index (χ1v) is 13.1. The zero-order valence-electron chi connectivity index (χ0n) is 19.9. The van der Waals surface area contributed by atoms with Gasteiger partial charge in [-0.25, -0.2) is 13.6 Å². The topological polar surface area (TPSA) is 87.7 Å². The highest BCUT2D eigenvalue weighted by Crippen LogP contribution is 2.42. The Morgan fingerprint density at radius 1 is 1.17 bits per heavy atom. The maximum atomic E-state index is 13.7. The van der Waals surface area contributed by atoms with Crippen LogP contribution in [0.3, 0.4) is 0 Å². The van der Waals surface area contributed by atoms with Crippen molar-refractivity contribution in [1.82, 2.24) is 10.6 Å². The number of ether oxygens (including phenoxy) is 1. The van der Waals surface area contributed by atoms with Gasteiger partial charge in [0.05, 0.1) is 18.3 Å². The van der Waals surface area contributed by atoms with E-state index in [1.807, 2.05) is 24.3 Å². The Labute approximate surface area is 220 Å². The number of carbonyl (C=O) groups excluding carboxylic acids is 3. The fourth-order valence-electron chi connectivity index (χ4n) is 3.64. The zero-order valence-corrected chi connectivity index (χ0v) is 22.3. The van der Waals surface area contributed by atoms with Gasteiger partial charge in [0.1, 0.15) is 11.6 Å². The van der Waals surface area contributed by atoms with E-state index < -0.39 is 35.6 Å². The number of anilines is 1. The molecule has 0 spiro atoms. The molecule has 1 heterocycles. The molecule has 1 aliphatic heterocycles. The number of alkyl carbamates (subject to hydrolysis) is 1. The molecule has 1 fully saturated rings. The molecule has 4 rings (SSSR count). The summed E-state index contributed by atoms with van der Waals surface area (Å²) in [7, 11) is 0. The minimum absolute atomic E-state index is 0.171. The van der Waals surface area contributed by atoms with E-state index in [2.05, 4.69) is 26.6 Å². The molecule has 7 nitrogen and oxygen atoms in total. The predicted molar refractivity (Wildman–Crippen MR) is 136 cm³/mol. The number of halogens is 3. The summed E-state index contributed by atoms with van der Waals surface area (Å²) in [5.41, 5.74) is 0.736. The standard InChI is InChI=1S/C25H26BrF2N3O4S/c1-24(2,3)35-23(34)29-17-13-36-19-9-6-15(21(32)30-20-11-25(20,27)28)10-18(19)31(22(17)33)12-14-4-7-16(26)8-5-14/h4-10,17,20H,11-13H2,1-3H3,(H,29,34)(H,30,32)/t17-,20?/m0/s1. The van der Waals surface area contributed by atoms with Gasteiger partial charge in [-0.1, -0.05) is 28.1 Å². The van der Waals surface area contributed by atoms with Gasteiger partial charge in [-0.2, -0.15) is 0 Å². The van der Waals surface area contributed by atoms with Crippen LogP contribution in [-0.4, -0.2) is 47.3 Å². The monoisotopic (exact) mass is 581 g/mol. The minimum atomic E-state index is -2.89. The van der Waals surface area contributed by atoms with Gasteiger partial charge < -0.3 is 20.3 Å². The zero-order chi connectivity index (χ0) is 26.3. The van der Waals surface area contributed by atoms with Gasteiger partial charge >= 0.3 is 6.09 Å². The molecule has 36 heavy (non-hydrogen) atoms. The first kappa shape index (κ1) is 26.4. The first-order valence-electron chi connectivity index (χ1n) is 11.3. The second-order valence-electron chi connectivity index (χ2n) is 9.73. The molecule has 2 atom stereocenters. The lowest BCUT2D eigenvalue weighted by Gasteiger charge is -2.27. The van der Waals surface area contributed by atoms with E-state index in [1.54, 1.807) is 32.9 Å². The molecule has 0 radical (unpaired) electrons.